The summed E-state index contributed by atoms with van der Waals surface area (Å²) < 4.78 is 14.3. The number of carbonyl (C=O) groups is 2. The molecular formula is C30H26BrFN6O2. The van der Waals surface area contributed by atoms with Crippen molar-refractivity contribution in [3.8, 4) is 6.07 Å². The van der Waals surface area contributed by atoms with Crippen LogP contribution in [0.1, 0.15) is 61.3 Å². The Bertz CT molecular complexity index is 1580. The molecule has 0 fully saturated rings. The number of nitrogens with one attached hydrogen (secondary N) is 2. The van der Waals surface area contributed by atoms with E-state index in [1.165, 1.54) is 12.1 Å². The maximum absolute atomic E-state index is 13.5. The number of rotatable bonds is 5. The Morgan fingerprint density at radius 3 is 2.65 bits per heavy atom. The molecule has 2 amide bonds. The molecule has 0 aliphatic carbocycles. The van der Waals surface area contributed by atoms with E-state index in [4.69, 9.17) is 0 Å². The van der Waals surface area contributed by atoms with Gasteiger partial charge in [-0.3, -0.25) is 14.6 Å². The molecule has 1 atom stereocenters. The second-order valence-corrected chi connectivity index (χ2v) is 10.2. The Morgan fingerprint density at radius 2 is 1.90 bits per heavy atom. The maximum atomic E-state index is 13.5. The van der Waals surface area contributed by atoms with E-state index in [-0.39, 0.29) is 30.3 Å². The van der Waals surface area contributed by atoms with Crippen molar-refractivity contribution in [3.05, 3.63) is 117 Å². The van der Waals surface area contributed by atoms with Crippen molar-refractivity contribution >= 4 is 34.0 Å². The number of carbonyl (C=O) groups excluding carboxylic acids is 2. The fraction of sp³-hybridized carbons (Fsp3) is 0.200. The minimum Gasteiger partial charge on any atom is -0.347 e. The summed E-state index contributed by atoms with van der Waals surface area (Å²) in [6.45, 7) is 6.14. The Hall–Kier alpha value is -4.49. The van der Waals surface area contributed by atoms with Crippen LogP contribution in [0.3, 0.4) is 0 Å². The number of aryl methyl sites for hydroxylation is 2. The Kier molecular flexibility index (Phi) is 9.30. The van der Waals surface area contributed by atoms with Gasteiger partial charge in [-0.25, -0.2) is 14.4 Å². The van der Waals surface area contributed by atoms with Crippen molar-refractivity contribution in [1.29, 1.82) is 5.26 Å². The fourth-order valence-electron chi connectivity index (χ4n) is 4.23. The smallest absolute Gasteiger partial charge is 0.270 e. The van der Waals surface area contributed by atoms with E-state index in [1.54, 1.807) is 31.3 Å². The van der Waals surface area contributed by atoms with Crippen molar-refractivity contribution in [3.63, 3.8) is 0 Å². The lowest BCUT2D eigenvalue weighted by Gasteiger charge is -2.21. The number of halogens is 2. The molecule has 4 rings (SSSR count). The fourth-order valence-corrected chi connectivity index (χ4v) is 4.69. The van der Waals surface area contributed by atoms with Gasteiger partial charge in [-0.1, -0.05) is 30.4 Å². The van der Waals surface area contributed by atoms with Gasteiger partial charge in [-0.15, -0.1) is 0 Å². The highest BCUT2D eigenvalue weighted by molar-refractivity contribution is 9.12. The number of hydrogen-bond donors (Lipinski definition) is 2. The number of hydrogen-bond acceptors (Lipinski definition) is 6. The normalized spacial score (nSPS) is 16.5. The summed E-state index contributed by atoms with van der Waals surface area (Å²) in [6.07, 6.45) is 5.99. The third kappa shape index (κ3) is 7.33. The zero-order valence-electron chi connectivity index (χ0n) is 21.7. The van der Waals surface area contributed by atoms with Gasteiger partial charge in [0.2, 0.25) is 0 Å². The number of amides is 2. The first-order valence-electron chi connectivity index (χ1n) is 12.5. The van der Waals surface area contributed by atoms with E-state index < -0.39 is 17.9 Å². The average Bonchev–Trinajstić information content (AvgIpc) is 2.97. The summed E-state index contributed by atoms with van der Waals surface area (Å²) in [5.41, 5.74) is 4.40. The number of aromatic nitrogens is 2. The van der Waals surface area contributed by atoms with Crippen LogP contribution in [0.2, 0.25) is 0 Å². The number of fused-ring (bicyclic) bond motifs is 1. The zero-order valence-corrected chi connectivity index (χ0v) is 23.3. The second kappa shape index (κ2) is 13.0. The third-order valence-corrected chi connectivity index (χ3v) is 6.75. The molecule has 1 unspecified atom stereocenters. The summed E-state index contributed by atoms with van der Waals surface area (Å²) in [5.74, 6) is -1.32. The van der Waals surface area contributed by atoms with Crippen LogP contribution in [0, 0.1) is 24.1 Å². The lowest BCUT2D eigenvalue weighted by molar-refractivity contribution is 0.0932. The monoisotopic (exact) mass is 600 g/mol. The van der Waals surface area contributed by atoms with Gasteiger partial charge in [0.15, 0.2) is 0 Å². The van der Waals surface area contributed by atoms with Gasteiger partial charge in [0.05, 0.1) is 24.2 Å². The first-order chi connectivity index (χ1) is 19.2. The quantitative estimate of drug-likeness (QED) is 0.424. The Labute approximate surface area is 239 Å². The number of aliphatic imine (C=N–C) groups is 1. The van der Waals surface area contributed by atoms with Crippen LogP contribution in [0.25, 0.3) is 0 Å². The third-order valence-electron chi connectivity index (χ3n) is 6.32. The van der Waals surface area contributed by atoms with Gasteiger partial charge in [-0.05, 0) is 82.2 Å². The molecular weight excluding hydrogens is 575 g/mol. The van der Waals surface area contributed by atoms with E-state index in [1.807, 2.05) is 18.2 Å². The molecule has 2 N–H and O–H groups in total. The van der Waals surface area contributed by atoms with Crippen molar-refractivity contribution < 1.29 is 14.0 Å². The van der Waals surface area contributed by atoms with Crippen molar-refractivity contribution in [2.45, 2.75) is 32.4 Å². The molecule has 40 heavy (non-hydrogen) atoms. The summed E-state index contributed by atoms with van der Waals surface area (Å²) in [4.78, 5) is 38.6. The zero-order chi connectivity index (χ0) is 28.6. The van der Waals surface area contributed by atoms with Gasteiger partial charge in [0, 0.05) is 23.3 Å². The van der Waals surface area contributed by atoms with Crippen molar-refractivity contribution in [1.82, 2.24) is 20.6 Å². The molecule has 0 radical (unpaired) electrons. The molecule has 1 aromatic heterocycles. The highest BCUT2D eigenvalue weighted by Crippen LogP contribution is 2.25. The first-order valence-corrected chi connectivity index (χ1v) is 13.3. The van der Waals surface area contributed by atoms with Crippen LogP contribution in [0.5, 0.6) is 0 Å². The highest BCUT2D eigenvalue weighted by Gasteiger charge is 2.21. The van der Waals surface area contributed by atoms with E-state index in [0.29, 0.717) is 24.0 Å². The molecule has 0 spiro atoms. The molecule has 8 nitrogen and oxygen atoms in total. The SMILES string of the molecule is C=C1/C=C(/Br)C=NCC(NC(=O)c2cc(C(=O)NCc3ccc(F)c(C)c3)ncn2)c2ccc(C#N)cc2CC1. The van der Waals surface area contributed by atoms with E-state index in [9.17, 15) is 19.2 Å². The summed E-state index contributed by atoms with van der Waals surface area (Å²) in [6, 6.07) is 12.9. The predicted octanol–water partition coefficient (Wildman–Crippen LogP) is 5.05. The molecule has 3 aromatic rings. The standard InChI is InChI=1S/C30H26BrFN6O2/c1-18-3-6-22-11-20(13-33)4-7-24(22)28(16-34-15-23(31)9-18)38-30(40)27-12-26(36-17-37-27)29(39)35-14-21-5-8-25(32)19(2)10-21/h4-5,7-12,15,17,28H,1,3,6,14,16H2,2H3,(H,35,39)(H,38,40)/b23-9+,34-15?. The summed E-state index contributed by atoms with van der Waals surface area (Å²) in [5, 5.41) is 15.1. The van der Waals surface area contributed by atoms with Crippen LogP contribution < -0.4 is 10.6 Å². The average molecular weight is 601 g/mol. The molecule has 202 valence electrons. The molecule has 0 saturated heterocycles. The van der Waals surface area contributed by atoms with E-state index in [2.05, 4.69) is 54.2 Å². The van der Waals surface area contributed by atoms with Crippen LogP contribution in [0.15, 0.2) is 76.5 Å². The summed E-state index contributed by atoms with van der Waals surface area (Å²) >= 11 is 3.47. The van der Waals surface area contributed by atoms with Crippen LogP contribution in [-0.2, 0) is 13.0 Å². The number of nitrogens with zero attached hydrogens (tertiary/aromatic N) is 4. The molecule has 1 aliphatic heterocycles. The Morgan fingerprint density at radius 1 is 1.12 bits per heavy atom. The largest absolute Gasteiger partial charge is 0.347 e. The molecule has 10 heteroatoms. The van der Waals surface area contributed by atoms with Crippen molar-refractivity contribution in [2.24, 2.45) is 4.99 Å². The first kappa shape index (κ1) is 28.5. The second-order valence-electron chi connectivity index (χ2n) is 9.29. The number of nitriles is 1. The van der Waals surface area contributed by atoms with Crippen LogP contribution in [-0.4, -0.2) is 34.5 Å². The minimum absolute atomic E-state index is 0.0146. The number of allylic oxidation sites excluding steroid dienone is 3. The predicted molar refractivity (Wildman–Crippen MR) is 154 cm³/mol. The Balaban J connectivity index is 1.54. The van der Waals surface area contributed by atoms with Gasteiger partial charge < -0.3 is 10.6 Å². The van der Waals surface area contributed by atoms with Crippen molar-refractivity contribution in [2.75, 3.05) is 6.54 Å². The van der Waals surface area contributed by atoms with Gasteiger partial charge in [0.25, 0.3) is 11.8 Å². The van der Waals surface area contributed by atoms with Gasteiger partial charge in [-0.2, -0.15) is 5.26 Å². The van der Waals surface area contributed by atoms with Gasteiger partial charge >= 0.3 is 0 Å². The lowest BCUT2D eigenvalue weighted by Crippen LogP contribution is -2.32. The van der Waals surface area contributed by atoms with E-state index in [0.717, 1.165) is 33.1 Å². The van der Waals surface area contributed by atoms with E-state index >= 15 is 0 Å². The molecule has 1 aliphatic rings. The van der Waals surface area contributed by atoms with Crippen LogP contribution >= 0.6 is 15.9 Å². The van der Waals surface area contributed by atoms with Crippen LogP contribution in [0.4, 0.5) is 4.39 Å². The number of benzene rings is 2. The highest BCUT2D eigenvalue weighted by atomic mass is 79.9. The topological polar surface area (TPSA) is 120 Å². The summed E-state index contributed by atoms with van der Waals surface area (Å²) in [7, 11) is 0. The van der Waals surface area contributed by atoms with Gasteiger partial charge in [0.1, 0.15) is 23.5 Å². The lowest BCUT2D eigenvalue weighted by atomic mass is 9.93. The molecule has 0 saturated carbocycles. The maximum Gasteiger partial charge on any atom is 0.270 e. The molecule has 2 aromatic carbocycles. The molecule has 0 bridgehead atoms. The molecule has 2 heterocycles. The minimum atomic E-state index is -0.521.